The lowest BCUT2D eigenvalue weighted by atomic mass is 9.90. The number of allylic oxidation sites excluding steroid dienone is 8. The van der Waals surface area contributed by atoms with Gasteiger partial charge in [-0.15, -0.1) is 0 Å². The Morgan fingerprint density at radius 1 is 0.667 bits per heavy atom. The molecule has 0 spiro atoms. The van der Waals surface area contributed by atoms with Gasteiger partial charge in [-0.1, -0.05) is 87.3 Å². The standard InChI is InChI=1S/C35H58O10/c1-4-5-6-13-16-31-34(43)23-30(40)21-28(38)19-26(36)18-27(37)20-29(39)22-33(42)24(2)15-12-10-8-7-9-11-14-17-32(41)25(3)45-35(31)44/h7-12,14-15,17,25-34,36-43H,4-6,13,16,18-23H2,1-3H3/b8-7+,11-9+,12-10+,17-14+,24-15+/t25-,26+,27-,28+,29+,30+,31-,32+,33+,34+/m1/s1. The molecule has 0 amide bonds. The topological polar surface area (TPSA) is 188 Å². The van der Waals surface area contributed by atoms with E-state index in [-0.39, 0.29) is 38.5 Å². The predicted molar refractivity (Wildman–Crippen MR) is 174 cm³/mol. The zero-order valence-electron chi connectivity index (χ0n) is 27.1. The molecule has 0 aromatic heterocycles. The third kappa shape index (κ3) is 18.6. The van der Waals surface area contributed by atoms with Crippen LogP contribution in [0.5, 0.6) is 0 Å². The van der Waals surface area contributed by atoms with Crippen molar-refractivity contribution in [2.75, 3.05) is 0 Å². The van der Waals surface area contributed by atoms with Crippen LogP contribution < -0.4 is 0 Å². The molecule has 1 rings (SSSR count). The average Bonchev–Trinajstić information content (AvgIpc) is 2.94. The van der Waals surface area contributed by atoms with Gasteiger partial charge in [0.1, 0.15) is 12.2 Å². The fourth-order valence-electron chi connectivity index (χ4n) is 5.20. The number of esters is 1. The second-order valence-corrected chi connectivity index (χ2v) is 12.3. The van der Waals surface area contributed by atoms with Crippen LogP contribution >= 0.6 is 0 Å². The Bertz CT molecular complexity index is 958. The Morgan fingerprint density at radius 2 is 1.16 bits per heavy atom. The van der Waals surface area contributed by atoms with E-state index in [0.29, 0.717) is 18.4 Å². The van der Waals surface area contributed by atoms with Crippen LogP contribution in [0.3, 0.4) is 0 Å². The van der Waals surface area contributed by atoms with Crippen molar-refractivity contribution < 1.29 is 50.4 Å². The van der Waals surface area contributed by atoms with Gasteiger partial charge in [-0.2, -0.15) is 0 Å². The van der Waals surface area contributed by atoms with Crippen molar-refractivity contribution in [1.29, 1.82) is 0 Å². The Labute approximate surface area is 268 Å². The SMILES string of the molecule is CCCCCC[C@H]1C(=O)O[C@H](C)[C@@H](O)/C=C/C=C/C=C/C=C/C=C(\C)[C@@H](O)C[C@@H](O)C[C@H](O)C[C@H](O)C[C@H](O)C[C@H](O)C[C@@H]1O. The summed E-state index contributed by atoms with van der Waals surface area (Å²) in [7, 11) is 0. The molecule has 8 N–H and O–H groups in total. The van der Waals surface area contributed by atoms with Crippen molar-refractivity contribution in [3.63, 3.8) is 0 Å². The van der Waals surface area contributed by atoms with Crippen molar-refractivity contribution in [3.05, 3.63) is 60.3 Å². The molecule has 0 bridgehead atoms. The lowest BCUT2D eigenvalue weighted by molar-refractivity contribution is -0.162. The third-order valence-electron chi connectivity index (χ3n) is 7.96. The number of hydrogen-bond acceptors (Lipinski definition) is 10. The van der Waals surface area contributed by atoms with Gasteiger partial charge in [0.25, 0.3) is 0 Å². The van der Waals surface area contributed by atoms with Gasteiger partial charge in [0.2, 0.25) is 0 Å². The van der Waals surface area contributed by atoms with Gasteiger partial charge in [0.05, 0.1) is 48.6 Å². The number of aliphatic hydroxyl groups excluding tert-OH is 8. The molecule has 0 radical (unpaired) electrons. The Kier molecular flexibility index (Phi) is 21.1. The summed E-state index contributed by atoms with van der Waals surface area (Å²) in [6.07, 6.45) is 8.77. The summed E-state index contributed by atoms with van der Waals surface area (Å²) in [5.41, 5.74) is 0.623. The van der Waals surface area contributed by atoms with E-state index in [1.807, 2.05) is 0 Å². The molecule has 0 saturated carbocycles. The fraction of sp³-hybridized carbons (Fsp3) is 0.686. The first-order chi connectivity index (χ1) is 21.3. The van der Waals surface area contributed by atoms with Crippen LogP contribution in [0.2, 0.25) is 0 Å². The smallest absolute Gasteiger partial charge is 0.311 e. The van der Waals surface area contributed by atoms with Crippen molar-refractivity contribution in [2.45, 2.75) is 146 Å². The predicted octanol–water partition coefficient (Wildman–Crippen LogP) is 2.92. The summed E-state index contributed by atoms with van der Waals surface area (Å²) in [4.78, 5) is 13.1. The van der Waals surface area contributed by atoms with E-state index in [4.69, 9.17) is 4.74 Å². The van der Waals surface area contributed by atoms with E-state index in [9.17, 15) is 45.6 Å². The molecular formula is C35H58O10. The lowest BCUT2D eigenvalue weighted by Crippen LogP contribution is -2.37. The molecule has 10 nitrogen and oxygen atoms in total. The van der Waals surface area contributed by atoms with E-state index in [1.165, 1.54) is 6.08 Å². The van der Waals surface area contributed by atoms with Crippen LogP contribution in [-0.4, -0.2) is 102 Å². The summed E-state index contributed by atoms with van der Waals surface area (Å²) in [6.45, 7) is 5.34. The molecule has 10 heteroatoms. The second-order valence-electron chi connectivity index (χ2n) is 12.3. The molecule has 0 unspecified atom stereocenters. The number of unbranched alkanes of at least 4 members (excludes halogenated alkanes) is 3. The van der Waals surface area contributed by atoms with Gasteiger partial charge in [0, 0.05) is 12.8 Å². The van der Waals surface area contributed by atoms with Gasteiger partial charge in [-0.25, -0.2) is 0 Å². The normalized spacial score (nSPS) is 38.5. The number of carbonyl (C=O) groups excluding carboxylic acids is 1. The minimum absolute atomic E-state index is 0.00297. The fourth-order valence-corrected chi connectivity index (χ4v) is 5.20. The summed E-state index contributed by atoms with van der Waals surface area (Å²) >= 11 is 0. The van der Waals surface area contributed by atoms with E-state index < -0.39 is 66.8 Å². The van der Waals surface area contributed by atoms with E-state index >= 15 is 0 Å². The van der Waals surface area contributed by atoms with Gasteiger partial charge in [-0.05, 0) is 51.5 Å². The highest BCUT2D eigenvalue weighted by molar-refractivity contribution is 5.73. The number of ether oxygens (including phenoxy) is 1. The largest absolute Gasteiger partial charge is 0.459 e. The summed E-state index contributed by atoms with van der Waals surface area (Å²) < 4.78 is 5.51. The maximum absolute atomic E-state index is 13.1. The maximum atomic E-state index is 13.1. The van der Waals surface area contributed by atoms with Crippen molar-refractivity contribution in [1.82, 2.24) is 0 Å². The number of hydrogen-bond donors (Lipinski definition) is 8. The van der Waals surface area contributed by atoms with Crippen LogP contribution in [0, 0.1) is 5.92 Å². The van der Waals surface area contributed by atoms with Gasteiger partial charge < -0.3 is 45.6 Å². The molecule has 0 aromatic rings. The van der Waals surface area contributed by atoms with Crippen molar-refractivity contribution in [3.8, 4) is 0 Å². The minimum Gasteiger partial charge on any atom is -0.459 e. The molecular weight excluding hydrogens is 580 g/mol. The lowest BCUT2D eigenvalue weighted by Gasteiger charge is -2.27. The Morgan fingerprint density at radius 3 is 1.71 bits per heavy atom. The highest BCUT2D eigenvalue weighted by Crippen LogP contribution is 2.23. The number of aliphatic hydroxyl groups is 8. The van der Waals surface area contributed by atoms with E-state index in [2.05, 4.69) is 6.92 Å². The molecule has 1 heterocycles. The Balaban J connectivity index is 3.08. The highest BCUT2D eigenvalue weighted by atomic mass is 16.6. The summed E-state index contributed by atoms with van der Waals surface area (Å²) in [6, 6.07) is 0. The monoisotopic (exact) mass is 638 g/mol. The number of carbonyl (C=O) groups is 1. The molecule has 258 valence electrons. The highest BCUT2D eigenvalue weighted by Gasteiger charge is 2.32. The molecule has 0 fully saturated rings. The van der Waals surface area contributed by atoms with Crippen LogP contribution in [0.1, 0.15) is 91.4 Å². The first-order valence-electron chi connectivity index (χ1n) is 16.3. The molecule has 1 aliphatic rings. The quantitative estimate of drug-likeness (QED) is 0.164. The Hall–Kier alpha value is -2.15. The molecule has 0 saturated heterocycles. The van der Waals surface area contributed by atoms with Crippen molar-refractivity contribution >= 4 is 5.97 Å². The minimum atomic E-state index is -1.25. The zero-order valence-corrected chi connectivity index (χ0v) is 27.1. The summed E-state index contributed by atoms with van der Waals surface area (Å²) in [5, 5.41) is 83.9. The van der Waals surface area contributed by atoms with Crippen LogP contribution in [0.15, 0.2) is 60.3 Å². The van der Waals surface area contributed by atoms with Crippen LogP contribution in [-0.2, 0) is 9.53 Å². The first-order valence-corrected chi connectivity index (χ1v) is 16.3. The maximum Gasteiger partial charge on any atom is 0.311 e. The zero-order chi connectivity index (χ0) is 33.8. The van der Waals surface area contributed by atoms with Gasteiger partial charge >= 0.3 is 5.97 Å². The molecule has 0 aliphatic carbocycles. The molecule has 1 aliphatic heterocycles. The second kappa shape index (κ2) is 23.2. The van der Waals surface area contributed by atoms with Crippen molar-refractivity contribution in [2.24, 2.45) is 5.92 Å². The average molecular weight is 639 g/mol. The number of rotatable bonds is 5. The molecule has 45 heavy (non-hydrogen) atoms. The van der Waals surface area contributed by atoms with Crippen LogP contribution in [0.4, 0.5) is 0 Å². The van der Waals surface area contributed by atoms with E-state index in [1.54, 1.807) is 62.5 Å². The molecule has 10 atom stereocenters. The number of cyclic esters (lactones) is 1. The third-order valence-corrected chi connectivity index (χ3v) is 7.96. The first kappa shape index (κ1) is 40.9. The van der Waals surface area contributed by atoms with Gasteiger partial charge in [-0.3, -0.25) is 4.79 Å². The van der Waals surface area contributed by atoms with Crippen LogP contribution in [0.25, 0.3) is 0 Å². The van der Waals surface area contributed by atoms with Gasteiger partial charge in [0.15, 0.2) is 0 Å². The molecule has 0 aromatic carbocycles. The van der Waals surface area contributed by atoms with E-state index in [0.717, 1.165) is 19.3 Å². The summed E-state index contributed by atoms with van der Waals surface area (Å²) in [5.74, 6) is -1.60.